The zero-order chi connectivity index (χ0) is 18.8. The van der Waals surface area contributed by atoms with Crippen molar-refractivity contribution in [3.05, 3.63) is 29.6 Å². The molecule has 0 saturated carbocycles. The normalized spacial score (nSPS) is 16.0. The van der Waals surface area contributed by atoms with Crippen LogP contribution in [0.4, 0.5) is 10.1 Å². The van der Waals surface area contributed by atoms with Crippen molar-refractivity contribution in [3.63, 3.8) is 0 Å². The Hall–Kier alpha value is -1.40. The quantitative estimate of drug-likeness (QED) is 0.612. The zero-order valence-corrected chi connectivity index (χ0v) is 17.1. The van der Waals surface area contributed by atoms with Crippen molar-refractivity contribution < 1.29 is 13.6 Å². The number of likely N-dealkylation sites (tertiary alicyclic amines) is 1. The Balaban J connectivity index is 1.72. The minimum atomic E-state index is -1.77. The fraction of sp³-hybridized carbons (Fsp3) is 0.632. The largest absolute Gasteiger partial charge is 0.410 e. The Kier molecular flexibility index (Phi) is 5.94. The standard InChI is InChI=1S/C19H31FN2O2Si/c1-19(2,3)25(4,5)24-16-12-22(13-16)18(23)8-6-7-14-9-10-15(21)11-17(14)20/h9-11,16H,6-8,12-13,21H2,1-5H3. The smallest absolute Gasteiger partial charge is 0.222 e. The molecule has 1 aliphatic rings. The molecule has 0 bridgehead atoms. The summed E-state index contributed by atoms with van der Waals surface area (Å²) in [7, 11) is -1.77. The number of hydrogen-bond acceptors (Lipinski definition) is 3. The summed E-state index contributed by atoms with van der Waals surface area (Å²) in [6.45, 7) is 12.5. The van der Waals surface area contributed by atoms with Crippen molar-refractivity contribution >= 4 is 19.9 Å². The van der Waals surface area contributed by atoms with E-state index in [-0.39, 0.29) is 22.9 Å². The molecule has 0 aromatic heterocycles. The predicted octanol–water partition coefficient (Wildman–Crippen LogP) is 3.96. The van der Waals surface area contributed by atoms with Crippen LogP contribution < -0.4 is 5.73 Å². The van der Waals surface area contributed by atoms with Crippen molar-refractivity contribution in [1.29, 1.82) is 0 Å². The summed E-state index contributed by atoms with van der Waals surface area (Å²) in [5, 5.41) is 0.181. The van der Waals surface area contributed by atoms with E-state index in [9.17, 15) is 9.18 Å². The first-order valence-electron chi connectivity index (χ1n) is 8.99. The topological polar surface area (TPSA) is 55.6 Å². The van der Waals surface area contributed by atoms with E-state index in [4.69, 9.17) is 10.2 Å². The van der Waals surface area contributed by atoms with Gasteiger partial charge in [-0.3, -0.25) is 4.79 Å². The highest BCUT2D eigenvalue weighted by Crippen LogP contribution is 2.38. The first-order valence-corrected chi connectivity index (χ1v) is 11.9. The maximum absolute atomic E-state index is 13.7. The average molecular weight is 367 g/mol. The molecule has 2 N–H and O–H groups in total. The monoisotopic (exact) mass is 366 g/mol. The van der Waals surface area contributed by atoms with E-state index < -0.39 is 8.32 Å². The van der Waals surface area contributed by atoms with E-state index in [1.807, 2.05) is 4.90 Å². The molecule has 1 saturated heterocycles. The Labute approximate surface area is 151 Å². The summed E-state index contributed by atoms with van der Waals surface area (Å²) in [6.07, 6.45) is 1.80. The lowest BCUT2D eigenvalue weighted by Gasteiger charge is -2.46. The van der Waals surface area contributed by atoms with Crippen molar-refractivity contribution in [2.75, 3.05) is 18.8 Å². The number of aryl methyl sites for hydroxylation is 1. The van der Waals surface area contributed by atoms with Crippen LogP contribution in [-0.2, 0) is 15.6 Å². The SMILES string of the molecule is CC(C)(C)[Si](C)(C)OC1CN(C(=O)CCCc2ccc(N)cc2F)C1. The average Bonchev–Trinajstić information content (AvgIpc) is 2.43. The predicted molar refractivity (Wildman–Crippen MR) is 102 cm³/mol. The molecular formula is C19H31FN2O2Si. The molecule has 1 amide bonds. The molecule has 0 unspecified atom stereocenters. The van der Waals surface area contributed by atoms with Crippen LogP contribution in [0.3, 0.4) is 0 Å². The van der Waals surface area contributed by atoms with E-state index in [1.165, 1.54) is 6.07 Å². The first kappa shape index (κ1) is 19.9. The molecule has 140 valence electrons. The number of benzene rings is 1. The van der Waals surface area contributed by atoms with E-state index in [0.29, 0.717) is 43.6 Å². The van der Waals surface area contributed by atoms with Gasteiger partial charge in [0.25, 0.3) is 0 Å². The lowest BCUT2D eigenvalue weighted by molar-refractivity contribution is -0.140. The van der Waals surface area contributed by atoms with Gasteiger partial charge < -0.3 is 15.1 Å². The Morgan fingerprint density at radius 1 is 1.36 bits per heavy atom. The summed E-state index contributed by atoms with van der Waals surface area (Å²) in [5.41, 5.74) is 6.58. The molecule has 1 heterocycles. The molecular weight excluding hydrogens is 335 g/mol. The summed E-state index contributed by atoms with van der Waals surface area (Å²) < 4.78 is 20.0. The van der Waals surface area contributed by atoms with Crippen molar-refractivity contribution in [2.24, 2.45) is 0 Å². The van der Waals surface area contributed by atoms with Gasteiger partial charge in [0.05, 0.1) is 6.10 Å². The van der Waals surface area contributed by atoms with E-state index >= 15 is 0 Å². The van der Waals surface area contributed by atoms with Crippen molar-refractivity contribution in [3.8, 4) is 0 Å². The van der Waals surface area contributed by atoms with Gasteiger partial charge in [-0.2, -0.15) is 0 Å². The number of halogens is 1. The Morgan fingerprint density at radius 2 is 2.00 bits per heavy atom. The number of rotatable bonds is 6. The minimum Gasteiger partial charge on any atom is -0.410 e. The maximum Gasteiger partial charge on any atom is 0.222 e. The molecule has 0 spiro atoms. The number of anilines is 1. The van der Waals surface area contributed by atoms with Gasteiger partial charge in [-0.1, -0.05) is 26.8 Å². The lowest BCUT2D eigenvalue weighted by atomic mass is 10.1. The molecule has 25 heavy (non-hydrogen) atoms. The van der Waals surface area contributed by atoms with E-state index in [2.05, 4.69) is 33.9 Å². The second kappa shape index (κ2) is 7.46. The highest BCUT2D eigenvalue weighted by molar-refractivity contribution is 6.74. The molecule has 6 heteroatoms. The van der Waals surface area contributed by atoms with Crippen LogP contribution in [0.25, 0.3) is 0 Å². The van der Waals surface area contributed by atoms with E-state index in [1.54, 1.807) is 12.1 Å². The number of nitrogens with zero attached hydrogens (tertiary/aromatic N) is 1. The molecule has 0 aliphatic carbocycles. The van der Waals surface area contributed by atoms with Crippen LogP contribution in [0, 0.1) is 5.82 Å². The maximum atomic E-state index is 13.7. The van der Waals surface area contributed by atoms with Crippen LogP contribution in [0.5, 0.6) is 0 Å². The third-order valence-electron chi connectivity index (χ3n) is 5.38. The second-order valence-corrected chi connectivity index (χ2v) is 13.3. The number of hydrogen-bond donors (Lipinski definition) is 1. The second-order valence-electron chi connectivity index (χ2n) is 8.50. The van der Waals surface area contributed by atoms with Crippen LogP contribution in [-0.4, -0.2) is 38.3 Å². The van der Waals surface area contributed by atoms with Gasteiger partial charge in [0.1, 0.15) is 5.82 Å². The van der Waals surface area contributed by atoms with Gasteiger partial charge in [0.2, 0.25) is 5.91 Å². The molecule has 1 aliphatic heterocycles. The Morgan fingerprint density at radius 3 is 2.56 bits per heavy atom. The number of carbonyl (C=O) groups is 1. The summed E-state index contributed by atoms with van der Waals surface area (Å²) in [5.74, 6) is -0.162. The van der Waals surface area contributed by atoms with Gasteiger partial charge in [0, 0.05) is 25.2 Å². The zero-order valence-electron chi connectivity index (χ0n) is 16.1. The third kappa shape index (κ3) is 5.04. The molecule has 0 radical (unpaired) electrons. The highest BCUT2D eigenvalue weighted by atomic mass is 28.4. The van der Waals surface area contributed by atoms with Crippen molar-refractivity contribution in [2.45, 2.75) is 64.3 Å². The molecule has 1 fully saturated rings. The van der Waals surface area contributed by atoms with Crippen LogP contribution >= 0.6 is 0 Å². The van der Waals surface area contributed by atoms with Gasteiger partial charge in [-0.15, -0.1) is 0 Å². The fourth-order valence-corrected chi connectivity index (χ4v) is 4.00. The molecule has 2 rings (SSSR count). The number of carbonyl (C=O) groups excluding carboxylic acids is 1. The molecule has 1 aromatic carbocycles. The fourth-order valence-electron chi connectivity index (χ4n) is 2.66. The van der Waals surface area contributed by atoms with Gasteiger partial charge in [-0.05, 0) is 48.7 Å². The minimum absolute atomic E-state index is 0.130. The number of nitrogens with two attached hydrogens (primary N) is 1. The third-order valence-corrected chi connectivity index (χ3v) is 9.92. The Bertz CT molecular complexity index is 622. The van der Waals surface area contributed by atoms with Gasteiger partial charge >= 0.3 is 0 Å². The number of amides is 1. The van der Waals surface area contributed by atoms with Gasteiger partial charge in [0.15, 0.2) is 8.32 Å². The highest BCUT2D eigenvalue weighted by Gasteiger charge is 2.42. The summed E-state index contributed by atoms with van der Waals surface area (Å²) in [6, 6.07) is 4.72. The number of nitrogen functional groups attached to an aromatic ring is 1. The van der Waals surface area contributed by atoms with Gasteiger partial charge in [-0.25, -0.2) is 4.39 Å². The molecule has 4 nitrogen and oxygen atoms in total. The van der Waals surface area contributed by atoms with Crippen LogP contribution in [0.15, 0.2) is 18.2 Å². The van der Waals surface area contributed by atoms with E-state index in [0.717, 1.165) is 0 Å². The lowest BCUT2D eigenvalue weighted by Crippen LogP contribution is -2.59. The van der Waals surface area contributed by atoms with Crippen LogP contribution in [0.2, 0.25) is 18.1 Å². The molecule has 1 aromatic rings. The summed E-state index contributed by atoms with van der Waals surface area (Å²) >= 11 is 0. The first-order chi connectivity index (χ1) is 11.5. The van der Waals surface area contributed by atoms with Crippen LogP contribution in [0.1, 0.15) is 39.2 Å². The molecule has 0 atom stereocenters. The summed E-state index contributed by atoms with van der Waals surface area (Å²) in [4.78, 5) is 14.1. The van der Waals surface area contributed by atoms with Crippen molar-refractivity contribution in [1.82, 2.24) is 4.90 Å².